The van der Waals surface area contributed by atoms with Crippen LogP contribution < -0.4 is 10.9 Å². The highest BCUT2D eigenvalue weighted by Crippen LogP contribution is 2.10. The Morgan fingerprint density at radius 1 is 1.28 bits per heavy atom. The first kappa shape index (κ1) is 17.6. The largest absolute Gasteiger partial charge is 0.354 e. The summed E-state index contributed by atoms with van der Waals surface area (Å²) in [5.41, 5.74) is 0.504. The van der Waals surface area contributed by atoms with E-state index in [1.165, 1.54) is 17.4 Å². The van der Waals surface area contributed by atoms with E-state index in [4.69, 9.17) is 0 Å². The summed E-state index contributed by atoms with van der Waals surface area (Å²) in [5.74, 6) is 0.814. The van der Waals surface area contributed by atoms with Crippen molar-refractivity contribution in [3.8, 4) is 0 Å². The second-order valence-corrected chi connectivity index (χ2v) is 6.98. The van der Waals surface area contributed by atoms with Crippen LogP contribution in [0.5, 0.6) is 0 Å². The third kappa shape index (κ3) is 4.25. The van der Waals surface area contributed by atoms with Gasteiger partial charge in [-0.05, 0) is 50.9 Å². The Morgan fingerprint density at radius 3 is 2.76 bits per heavy atom. The van der Waals surface area contributed by atoms with Crippen molar-refractivity contribution in [1.82, 2.24) is 19.8 Å². The summed E-state index contributed by atoms with van der Waals surface area (Å²) in [5, 5.41) is 3.50. The van der Waals surface area contributed by atoms with Crippen molar-refractivity contribution < 1.29 is 4.79 Å². The fourth-order valence-electron chi connectivity index (χ4n) is 3.42. The van der Waals surface area contributed by atoms with Gasteiger partial charge in [0, 0.05) is 13.1 Å². The molecule has 1 aliphatic heterocycles. The van der Waals surface area contributed by atoms with Crippen LogP contribution in [0.3, 0.4) is 0 Å². The molecule has 6 nitrogen and oxygen atoms in total. The third-order valence-electron chi connectivity index (χ3n) is 4.77. The van der Waals surface area contributed by atoms with Crippen LogP contribution >= 0.6 is 0 Å². The lowest BCUT2D eigenvalue weighted by Gasteiger charge is -2.20. The summed E-state index contributed by atoms with van der Waals surface area (Å²) in [6.45, 7) is 7.88. The highest BCUT2D eigenvalue weighted by atomic mass is 16.2. The lowest BCUT2D eigenvalue weighted by molar-refractivity contribution is -0.121. The molecule has 0 radical (unpaired) electrons. The van der Waals surface area contributed by atoms with Crippen LogP contribution in [-0.2, 0) is 11.3 Å². The standard InChI is InChI=1S/C19H26N4O2/c1-14(12-22-9-5-6-10-22)11-20-18(24)13-23-15(2)21-17-8-4-3-7-16(17)19(23)25/h3-4,7-8,14H,5-6,9-13H2,1-2H3,(H,20,24). The van der Waals surface area contributed by atoms with Crippen molar-refractivity contribution in [2.75, 3.05) is 26.2 Å². The topological polar surface area (TPSA) is 67.2 Å². The van der Waals surface area contributed by atoms with Crippen molar-refractivity contribution in [2.45, 2.75) is 33.2 Å². The minimum Gasteiger partial charge on any atom is -0.354 e. The number of carbonyl (C=O) groups excluding carboxylic acids is 1. The number of fused-ring (bicyclic) bond motifs is 1. The van der Waals surface area contributed by atoms with Crippen LogP contribution in [0.2, 0.25) is 0 Å². The van der Waals surface area contributed by atoms with E-state index in [0.717, 1.165) is 19.6 Å². The number of hydrogen-bond donors (Lipinski definition) is 1. The van der Waals surface area contributed by atoms with Gasteiger partial charge in [0.05, 0.1) is 10.9 Å². The first-order valence-corrected chi connectivity index (χ1v) is 9.00. The SMILES string of the molecule is Cc1nc2ccccc2c(=O)n1CC(=O)NCC(C)CN1CCCC1. The van der Waals surface area contributed by atoms with Gasteiger partial charge in [0.25, 0.3) is 5.56 Å². The molecule has 3 rings (SSSR count). The maximum atomic E-state index is 12.6. The van der Waals surface area contributed by atoms with E-state index in [1.54, 1.807) is 13.0 Å². The lowest BCUT2D eigenvalue weighted by Crippen LogP contribution is -2.38. The Kier molecular flexibility index (Phi) is 5.48. The quantitative estimate of drug-likeness (QED) is 0.865. The summed E-state index contributed by atoms with van der Waals surface area (Å²) >= 11 is 0. The van der Waals surface area contributed by atoms with Gasteiger partial charge in [-0.2, -0.15) is 0 Å². The van der Waals surface area contributed by atoms with Gasteiger partial charge in [-0.25, -0.2) is 4.98 Å². The molecular formula is C19H26N4O2. The van der Waals surface area contributed by atoms with Crippen molar-refractivity contribution in [3.63, 3.8) is 0 Å². The molecule has 1 amide bonds. The molecule has 2 heterocycles. The van der Waals surface area contributed by atoms with Crippen LogP contribution in [0.25, 0.3) is 10.9 Å². The molecule has 134 valence electrons. The number of benzene rings is 1. The molecule has 1 atom stereocenters. The predicted octanol–water partition coefficient (Wildman–Crippen LogP) is 1.55. The molecule has 0 spiro atoms. The first-order chi connectivity index (χ1) is 12.0. The normalized spacial score (nSPS) is 16.2. The van der Waals surface area contributed by atoms with Crippen LogP contribution in [0.1, 0.15) is 25.6 Å². The maximum Gasteiger partial charge on any atom is 0.261 e. The molecule has 1 aromatic carbocycles. The Balaban J connectivity index is 1.61. The van der Waals surface area contributed by atoms with Gasteiger partial charge in [0.2, 0.25) is 5.91 Å². The third-order valence-corrected chi connectivity index (χ3v) is 4.77. The number of carbonyl (C=O) groups is 1. The van der Waals surface area contributed by atoms with E-state index < -0.39 is 0 Å². The molecule has 1 saturated heterocycles. The van der Waals surface area contributed by atoms with Gasteiger partial charge in [-0.1, -0.05) is 19.1 Å². The fourth-order valence-corrected chi connectivity index (χ4v) is 3.42. The zero-order valence-corrected chi connectivity index (χ0v) is 15.0. The molecular weight excluding hydrogens is 316 g/mol. The lowest BCUT2D eigenvalue weighted by atomic mass is 10.1. The number of nitrogens with zero attached hydrogens (tertiary/aromatic N) is 3. The molecule has 1 unspecified atom stereocenters. The summed E-state index contributed by atoms with van der Waals surface area (Å²) in [7, 11) is 0. The summed E-state index contributed by atoms with van der Waals surface area (Å²) < 4.78 is 1.45. The Labute approximate surface area is 147 Å². The van der Waals surface area contributed by atoms with E-state index >= 15 is 0 Å². The number of aryl methyl sites for hydroxylation is 1. The molecule has 1 aromatic heterocycles. The first-order valence-electron chi connectivity index (χ1n) is 9.00. The molecule has 6 heteroatoms. The van der Waals surface area contributed by atoms with Gasteiger partial charge in [-0.15, -0.1) is 0 Å². The predicted molar refractivity (Wildman–Crippen MR) is 98.6 cm³/mol. The number of likely N-dealkylation sites (tertiary alicyclic amines) is 1. The number of rotatable bonds is 6. The molecule has 1 N–H and O–H groups in total. The molecule has 2 aromatic rings. The molecule has 1 fully saturated rings. The fraction of sp³-hybridized carbons (Fsp3) is 0.526. The maximum absolute atomic E-state index is 12.6. The summed E-state index contributed by atoms with van der Waals surface area (Å²) in [6.07, 6.45) is 2.55. The van der Waals surface area contributed by atoms with Gasteiger partial charge < -0.3 is 10.2 Å². The van der Waals surface area contributed by atoms with Crippen LogP contribution in [0.4, 0.5) is 0 Å². The number of aromatic nitrogens is 2. The minimum atomic E-state index is -0.164. The van der Waals surface area contributed by atoms with Crippen LogP contribution in [0, 0.1) is 12.8 Å². The average molecular weight is 342 g/mol. The van der Waals surface area contributed by atoms with E-state index in [1.807, 2.05) is 18.2 Å². The Morgan fingerprint density at radius 2 is 2.00 bits per heavy atom. The summed E-state index contributed by atoms with van der Waals surface area (Å²) in [4.78, 5) is 31.7. The average Bonchev–Trinajstić information content (AvgIpc) is 3.10. The Bertz CT molecular complexity index is 809. The van der Waals surface area contributed by atoms with Gasteiger partial charge in [0.1, 0.15) is 12.4 Å². The second kappa shape index (κ2) is 7.78. The highest BCUT2D eigenvalue weighted by Gasteiger charge is 2.16. The van der Waals surface area contributed by atoms with Crippen LogP contribution in [0.15, 0.2) is 29.1 Å². The highest BCUT2D eigenvalue weighted by molar-refractivity contribution is 5.79. The monoisotopic (exact) mass is 342 g/mol. The van der Waals surface area contributed by atoms with Gasteiger partial charge >= 0.3 is 0 Å². The summed E-state index contributed by atoms with van der Waals surface area (Å²) in [6, 6.07) is 7.23. The number of hydrogen-bond acceptors (Lipinski definition) is 4. The molecule has 0 saturated carbocycles. The molecule has 0 aliphatic carbocycles. The van der Waals surface area contributed by atoms with Crippen molar-refractivity contribution in [2.24, 2.45) is 5.92 Å². The zero-order valence-electron chi connectivity index (χ0n) is 15.0. The van der Waals surface area contributed by atoms with Gasteiger partial charge in [-0.3, -0.25) is 14.2 Å². The number of para-hydroxylation sites is 1. The number of amides is 1. The zero-order chi connectivity index (χ0) is 17.8. The Hall–Kier alpha value is -2.21. The smallest absolute Gasteiger partial charge is 0.261 e. The van der Waals surface area contributed by atoms with E-state index in [-0.39, 0.29) is 18.0 Å². The van der Waals surface area contributed by atoms with Crippen LogP contribution in [-0.4, -0.2) is 46.5 Å². The van der Waals surface area contributed by atoms with E-state index in [9.17, 15) is 9.59 Å². The molecule has 25 heavy (non-hydrogen) atoms. The number of nitrogens with one attached hydrogen (secondary N) is 1. The van der Waals surface area contributed by atoms with Crippen molar-refractivity contribution in [3.05, 3.63) is 40.4 Å². The van der Waals surface area contributed by atoms with E-state index in [2.05, 4.69) is 22.1 Å². The van der Waals surface area contributed by atoms with E-state index in [0.29, 0.717) is 29.2 Å². The second-order valence-electron chi connectivity index (χ2n) is 6.98. The van der Waals surface area contributed by atoms with Crippen molar-refractivity contribution >= 4 is 16.8 Å². The molecule has 0 bridgehead atoms. The minimum absolute atomic E-state index is 0.0128. The molecule has 1 aliphatic rings. The van der Waals surface area contributed by atoms with Crippen molar-refractivity contribution in [1.29, 1.82) is 0 Å². The van der Waals surface area contributed by atoms with Gasteiger partial charge in [0.15, 0.2) is 0 Å².